The van der Waals surface area contributed by atoms with E-state index in [1.807, 2.05) is 31.2 Å². The number of nitrogens with one attached hydrogen (secondary N) is 1. The van der Waals surface area contributed by atoms with Crippen LogP contribution < -0.4 is 11.2 Å². The van der Waals surface area contributed by atoms with Crippen molar-refractivity contribution in [2.75, 3.05) is 0 Å². The zero-order chi connectivity index (χ0) is 21.8. The van der Waals surface area contributed by atoms with Crippen molar-refractivity contribution in [2.24, 2.45) is 7.05 Å². The third-order valence-corrected chi connectivity index (χ3v) is 5.18. The molecule has 3 aromatic heterocycles. The molecule has 154 valence electrons. The largest absolute Gasteiger partial charge is 0.329 e. The van der Waals surface area contributed by atoms with Gasteiger partial charge in [0, 0.05) is 18.1 Å². The molecule has 8 nitrogen and oxygen atoms in total. The molecule has 0 fully saturated rings. The van der Waals surface area contributed by atoms with Gasteiger partial charge in [0.1, 0.15) is 5.82 Å². The summed E-state index contributed by atoms with van der Waals surface area (Å²) in [5.74, 6) is 6.65. The van der Waals surface area contributed by atoms with Gasteiger partial charge in [-0.15, -0.1) is 17.5 Å². The molecule has 0 aliphatic rings. The van der Waals surface area contributed by atoms with Gasteiger partial charge in [-0.05, 0) is 35.8 Å². The van der Waals surface area contributed by atoms with Gasteiger partial charge in [-0.25, -0.2) is 19.7 Å². The fourth-order valence-corrected chi connectivity index (χ4v) is 3.46. The lowest BCUT2D eigenvalue weighted by molar-refractivity contribution is 0.819. The number of aryl methyl sites for hydroxylation is 2. The van der Waals surface area contributed by atoms with E-state index in [1.54, 1.807) is 18.5 Å². The number of aromatic amines is 1. The van der Waals surface area contributed by atoms with Crippen LogP contribution in [-0.2, 0) is 19.5 Å². The van der Waals surface area contributed by atoms with Crippen molar-refractivity contribution in [3.63, 3.8) is 0 Å². The Kier molecular flexibility index (Phi) is 6.70. The van der Waals surface area contributed by atoms with Crippen LogP contribution in [0, 0.1) is 18.8 Å². The molecule has 3 heterocycles. The molecule has 0 aliphatic carbocycles. The van der Waals surface area contributed by atoms with E-state index in [0.29, 0.717) is 34.1 Å². The van der Waals surface area contributed by atoms with Gasteiger partial charge in [-0.3, -0.25) is 14.3 Å². The molecule has 4 rings (SSSR count). The third kappa shape index (κ3) is 4.30. The van der Waals surface area contributed by atoms with Crippen molar-refractivity contribution < 1.29 is 0 Å². The molecule has 4 aromatic rings. The smallest absolute Gasteiger partial charge is 0.301 e. The fourth-order valence-electron chi connectivity index (χ4n) is 2.87. The molecule has 0 bridgehead atoms. The van der Waals surface area contributed by atoms with Crippen molar-refractivity contribution in [1.29, 1.82) is 0 Å². The third-order valence-electron chi connectivity index (χ3n) is 4.33. The second-order valence-electron chi connectivity index (χ2n) is 6.26. The number of imidazole rings is 1. The van der Waals surface area contributed by atoms with E-state index in [-0.39, 0.29) is 0 Å². The van der Waals surface area contributed by atoms with E-state index in [9.17, 15) is 9.59 Å². The molecule has 30 heavy (non-hydrogen) atoms. The Bertz CT molecular complexity index is 1410. The Morgan fingerprint density at radius 3 is 2.63 bits per heavy atom. The number of hydrogen-bond donors (Lipinski definition) is 1. The second-order valence-corrected chi connectivity index (χ2v) is 7.24. The van der Waals surface area contributed by atoms with E-state index in [0.717, 1.165) is 16.6 Å². The van der Waals surface area contributed by atoms with E-state index >= 15 is 0 Å². The summed E-state index contributed by atoms with van der Waals surface area (Å²) in [5, 5.41) is 1.09. The minimum atomic E-state index is -0.485. The molecular formula is C20H18BrClN6O2. The van der Waals surface area contributed by atoms with Crippen LogP contribution in [-0.4, -0.2) is 29.1 Å². The van der Waals surface area contributed by atoms with Gasteiger partial charge < -0.3 is 4.57 Å². The highest BCUT2D eigenvalue weighted by Crippen LogP contribution is 2.16. The number of hydrogen-bond acceptors (Lipinski definition) is 5. The summed E-state index contributed by atoms with van der Waals surface area (Å²) in [5.41, 5.74) is 1.68. The van der Waals surface area contributed by atoms with Gasteiger partial charge in [0.05, 0.1) is 17.9 Å². The van der Waals surface area contributed by atoms with E-state index < -0.39 is 11.2 Å². The van der Waals surface area contributed by atoms with Crippen LogP contribution in [0.15, 0.2) is 38.6 Å². The van der Waals surface area contributed by atoms with Gasteiger partial charge in [-0.2, -0.15) is 0 Å². The molecule has 0 radical (unpaired) electrons. The fraction of sp³-hybridized carbons (Fsp3) is 0.250. The van der Waals surface area contributed by atoms with Gasteiger partial charge in [0.25, 0.3) is 5.56 Å². The van der Waals surface area contributed by atoms with Crippen LogP contribution in [0.4, 0.5) is 0 Å². The van der Waals surface area contributed by atoms with Crippen LogP contribution in [0.25, 0.3) is 22.1 Å². The lowest BCUT2D eigenvalue weighted by Crippen LogP contribution is -2.29. The number of nitrogens with zero attached hydrogens (tertiary/aromatic N) is 5. The Hall–Kier alpha value is -2.96. The normalized spacial score (nSPS) is 10.4. The summed E-state index contributed by atoms with van der Waals surface area (Å²) in [6, 6.07) is 7.94. The molecular weight excluding hydrogens is 472 g/mol. The molecule has 1 N–H and O–H groups in total. The molecule has 0 atom stereocenters. The number of para-hydroxylation sites is 1. The summed E-state index contributed by atoms with van der Waals surface area (Å²) in [6.45, 7) is 4.03. The van der Waals surface area contributed by atoms with Gasteiger partial charge in [0.15, 0.2) is 15.9 Å². The Morgan fingerprint density at radius 2 is 1.93 bits per heavy atom. The minimum Gasteiger partial charge on any atom is -0.301 e. The van der Waals surface area contributed by atoms with Crippen LogP contribution in [0.2, 0.25) is 0 Å². The number of fused-ring (bicyclic) bond motifs is 2. The number of halogens is 2. The van der Waals surface area contributed by atoms with E-state index in [1.165, 1.54) is 4.57 Å². The monoisotopic (exact) mass is 488 g/mol. The van der Waals surface area contributed by atoms with Gasteiger partial charge in [0.2, 0.25) is 0 Å². The van der Waals surface area contributed by atoms with Crippen molar-refractivity contribution in [2.45, 2.75) is 26.3 Å². The Labute approximate surface area is 185 Å². The second kappa shape index (κ2) is 9.24. The van der Waals surface area contributed by atoms with Gasteiger partial charge >= 0.3 is 5.69 Å². The maximum atomic E-state index is 11.8. The predicted molar refractivity (Wildman–Crippen MR) is 121 cm³/mol. The molecule has 0 saturated heterocycles. The number of aromatic nitrogens is 6. The number of benzene rings is 1. The lowest BCUT2D eigenvalue weighted by Gasteiger charge is -2.02. The first kappa shape index (κ1) is 21.7. The summed E-state index contributed by atoms with van der Waals surface area (Å²) in [7, 11) is 1.55. The van der Waals surface area contributed by atoms with Crippen LogP contribution in [0.3, 0.4) is 0 Å². The molecule has 10 heteroatoms. The summed E-state index contributed by atoms with van der Waals surface area (Å²) >= 11 is 8.92. The topological polar surface area (TPSA) is 98.5 Å². The molecule has 0 amide bonds. The summed E-state index contributed by atoms with van der Waals surface area (Å²) in [4.78, 5) is 38.1. The standard InChI is InChI=1S/C10H9BrN4O2.C10H9ClN2/c1-3-4-5-15-6-7(12-9(15)11)14(2)10(17)13-8(6)16;1-7-8-4-2-3-5-9(8)13-10(6-11)12-7/h5H2,1-2H3,(H,13,16,17);2-5H,6H2,1H3. The van der Waals surface area contributed by atoms with Crippen molar-refractivity contribution in [3.8, 4) is 11.8 Å². The van der Waals surface area contributed by atoms with Crippen LogP contribution >= 0.6 is 27.5 Å². The number of alkyl halides is 1. The maximum Gasteiger partial charge on any atom is 0.329 e. The molecule has 0 spiro atoms. The number of H-pyrrole nitrogens is 1. The maximum absolute atomic E-state index is 11.8. The van der Waals surface area contributed by atoms with E-state index in [4.69, 9.17) is 11.6 Å². The van der Waals surface area contributed by atoms with Crippen LogP contribution in [0.1, 0.15) is 18.4 Å². The highest BCUT2D eigenvalue weighted by Gasteiger charge is 2.14. The zero-order valence-corrected chi connectivity index (χ0v) is 18.9. The molecule has 0 aliphatic heterocycles. The van der Waals surface area contributed by atoms with Crippen molar-refractivity contribution in [3.05, 3.63) is 61.4 Å². The molecule has 0 saturated carbocycles. The number of rotatable bonds is 2. The van der Waals surface area contributed by atoms with Gasteiger partial charge in [-0.1, -0.05) is 24.1 Å². The predicted octanol–water partition coefficient (Wildman–Crippen LogP) is 2.89. The zero-order valence-electron chi connectivity index (χ0n) is 16.5. The molecule has 1 aromatic carbocycles. The quantitative estimate of drug-likeness (QED) is 0.265. The lowest BCUT2D eigenvalue weighted by atomic mass is 10.2. The Balaban J connectivity index is 0.000000177. The van der Waals surface area contributed by atoms with Crippen LogP contribution in [0.5, 0.6) is 0 Å². The van der Waals surface area contributed by atoms with Crippen molar-refractivity contribution >= 4 is 49.6 Å². The first-order valence-corrected chi connectivity index (χ1v) is 10.2. The average Bonchev–Trinajstić information content (AvgIpc) is 3.07. The summed E-state index contributed by atoms with van der Waals surface area (Å²) < 4.78 is 3.38. The average molecular weight is 490 g/mol. The highest BCUT2D eigenvalue weighted by atomic mass is 79.9. The molecule has 0 unspecified atom stereocenters. The first-order valence-electron chi connectivity index (χ1n) is 8.90. The SMILES string of the molecule is CC#CCn1c(Br)nc2c1c(=O)[nH]c(=O)n2C.Cc1nc(CCl)nc2ccccc12. The van der Waals surface area contributed by atoms with Crippen molar-refractivity contribution in [1.82, 2.24) is 29.1 Å². The minimum absolute atomic E-state index is 0.335. The first-order chi connectivity index (χ1) is 14.4. The van der Waals surface area contributed by atoms with E-state index in [2.05, 4.69) is 47.7 Å². The Morgan fingerprint density at radius 1 is 1.20 bits per heavy atom. The summed E-state index contributed by atoms with van der Waals surface area (Å²) in [6.07, 6.45) is 0. The highest BCUT2D eigenvalue weighted by molar-refractivity contribution is 9.10.